The summed E-state index contributed by atoms with van der Waals surface area (Å²) in [4.78, 5) is 0. The van der Waals surface area contributed by atoms with Gasteiger partial charge in [0.15, 0.2) is 0 Å². The molecular formula is C13H21N5. The molecule has 0 aliphatic carbocycles. The Hall–Kier alpha value is -1.62. The molecule has 2 aromatic rings. The van der Waals surface area contributed by atoms with Gasteiger partial charge in [-0.3, -0.25) is 9.36 Å². The third kappa shape index (κ3) is 2.98. The molecule has 2 heterocycles. The predicted octanol–water partition coefficient (Wildman–Crippen LogP) is 1.80. The Morgan fingerprint density at radius 3 is 2.61 bits per heavy atom. The molecule has 5 heteroatoms. The Morgan fingerprint density at radius 2 is 2.06 bits per heavy atom. The van der Waals surface area contributed by atoms with Crippen LogP contribution in [-0.2, 0) is 20.1 Å². The number of aromatic nitrogens is 4. The topological polar surface area (TPSA) is 47.7 Å². The van der Waals surface area contributed by atoms with Crippen LogP contribution in [0, 0.1) is 6.92 Å². The standard InChI is InChI=1S/C13H21N5/c1-10(2)18-8-12(6-15-18)5-14-7-13-9-17(4)16-11(13)3/h6,8-10,14H,5,7H2,1-4H3. The maximum absolute atomic E-state index is 4.32. The van der Waals surface area contributed by atoms with Crippen LogP contribution in [0.15, 0.2) is 18.6 Å². The molecule has 0 spiro atoms. The van der Waals surface area contributed by atoms with Gasteiger partial charge in [-0.25, -0.2) is 0 Å². The van der Waals surface area contributed by atoms with Gasteiger partial charge in [0.1, 0.15) is 0 Å². The lowest BCUT2D eigenvalue weighted by Crippen LogP contribution is -2.12. The molecule has 0 saturated heterocycles. The summed E-state index contributed by atoms with van der Waals surface area (Å²) < 4.78 is 3.83. The van der Waals surface area contributed by atoms with Gasteiger partial charge >= 0.3 is 0 Å². The minimum absolute atomic E-state index is 0.416. The molecule has 0 fully saturated rings. The molecule has 98 valence electrons. The first-order valence-corrected chi connectivity index (χ1v) is 6.29. The number of nitrogens with zero attached hydrogens (tertiary/aromatic N) is 4. The summed E-state index contributed by atoms with van der Waals surface area (Å²) in [5.41, 5.74) is 3.54. The fraction of sp³-hybridized carbons (Fsp3) is 0.538. The quantitative estimate of drug-likeness (QED) is 0.876. The van der Waals surface area contributed by atoms with Gasteiger partial charge in [0.25, 0.3) is 0 Å². The molecule has 0 amide bonds. The molecule has 0 aliphatic rings. The smallest absolute Gasteiger partial charge is 0.0638 e. The van der Waals surface area contributed by atoms with E-state index in [1.165, 1.54) is 11.1 Å². The molecule has 18 heavy (non-hydrogen) atoms. The molecule has 0 bridgehead atoms. The zero-order valence-corrected chi connectivity index (χ0v) is 11.5. The highest BCUT2D eigenvalue weighted by atomic mass is 15.3. The van der Waals surface area contributed by atoms with E-state index in [4.69, 9.17) is 0 Å². The van der Waals surface area contributed by atoms with Crippen LogP contribution in [0.25, 0.3) is 0 Å². The molecule has 0 aliphatic heterocycles. The molecule has 2 aromatic heterocycles. The molecule has 0 radical (unpaired) electrons. The van der Waals surface area contributed by atoms with Crippen LogP contribution in [0.1, 0.15) is 36.7 Å². The third-order valence-electron chi connectivity index (χ3n) is 2.94. The highest BCUT2D eigenvalue weighted by Gasteiger charge is 2.04. The van der Waals surface area contributed by atoms with Gasteiger partial charge < -0.3 is 5.32 Å². The Bertz CT molecular complexity index is 509. The zero-order chi connectivity index (χ0) is 13.1. The zero-order valence-electron chi connectivity index (χ0n) is 11.5. The van der Waals surface area contributed by atoms with Gasteiger partial charge in [0, 0.05) is 49.7 Å². The second-order valence-electron chi connectivity index (χ2n) is 4.94. The van der Waals surface area contributed by atoms with E-state index in [-0.39, 0.29) is 0 Å². The van der Waals surface area contributed by atoms with E-state index in [1.54, 1.807) is 0 Å². The summed E-state index contributed by atoms with van der Waals surface area (Å²) in [5, 5.41) is 12.1. The summed E-state index contributed by atoms with van der Waals surface area (Å²) >= 11 is 0. The summed E-state index contributed by atoms with van der Waals surface area (Å²) in [7, 11) is 1.95. The normalized spacial score (nSPS) is 11.4. The Balaban J connectivity index is 1.86. The largest absolute Gasteiger partial charge is 0.308 e. The molecule has 0 unspecified atom stereocenters. The van der Waals surface area contributed by atoms with Gasteiger partial charge in [-0.15, -0.1) is 0 Å². The Kier molecular flexibility index (Phi) is 3.81. The third-order valence-corrected chi connectivity index (χ3v) is 2.94. The summed E-state index contributed by atoms with van der Waals surface area (Å²) in [6.07, 6.45) is 6.07. The average molecular weight is 247 g/mol. The van der Waals surface area contributed by atoms with Crippen LogP contribution < -0.4 is 5.32 Å². The molecule has 0 aromatic carbocycles. The first kappa shape index (κ1) is 12.8. The SMILES string of the molecule is Cc1nn(C)cc1CNCc1cnn(C(C)C)c1. The van der Waals surface area contributed by atoms with Crippen LogP contribution in [0.4, 0.5) is 0 Å². The number of hydrogen-bond acceptors (Lipinski definition) is 3. The lowest BCUT2D eigenvalue weighted by Gasteiger charge is -2.04. The first-order valence-electron chi connectivity index (χ1n) is 6.29. The average Bonchev–Trinajstić information content (AvgIpc) is 2.87. The fourth-order valence-electron chi connectivity index (χ4n) is 1.91. The van der Waals surface area contributed by atoms with Crippen molar-refractivity contribution in [2.75, 3.05) is 0 Å². The Labute approximate surface area is 108 Å². The molecule has 0 atom stereocenters. The highest BCUT2D eigenvalue weighted by molar-refractivity contribution is 5.15. The predicted molar refractivity (Wildman–Crippen MR) is 71.1 cm³/mol. The summed E-state index contributed by atoms with van der Waals surface area (Å²) in [5.74, 6) is 0. The summed E-state index contributed by atoms with van der Waals surface area (Å²) in [6, 6.07) is 0.416. The van der Waals surface area contributed by atoms with Crippen molar-refractivity contribution < 1.29 is 0 Å². The van der Waals surface area contributed by atoms with Crippen molar-refractivity contribution in [2.24, 2.45) is 7.05 Å². The second kappa shape index (κ2) is 5.35. The minimum atomic E-state index is 0.416. The van der Waals surface area contributed by atoms with Crippen molar-refractivity contribution >= 4 is 0 Å². The minimum Gasteiger partial charge on any atom is -0.308 e. The van der Waals surface area contributed by atoms with Crippen LogP contribution >= 0.6 is 0 Å². The molecule has 5 nitrogen and oxygen atoms in total. The van der Waals surface area contributed by atoms with Crippen LogP contribution in [0.3, 0.4) is 0 Å². The van der Waals surface area contributed by atoms with Crippen LogP contribution in [-0.4, -0.2) is 19.6 Å². The number of rotatable bonds is 5. The lowest BCUT2D eigenvalue weighted by molar-refractivity contribution is 0.531. The molecule has 2 rings (SSSR count). The first-order chi connectivity index (χ1) is 8.56. The number of nitrogens with one attached hydrogen (secondary N) is 1. The van der Waals surface area contributed by atoms with Gasteiger partial charge in [-0.2, -0.15) is 10.2 Å². The molecule has 1 N–H and O–H groups in total. The Morgan fingerprint density at radius 1 is 1.28 bits per heavy atom. The van der Waals surface area contributed by atoms with Crippen molar-refractivity contribution in [3.8, 4) is 0 Å². The maximum atomic E-state index is 4.32. The highest BCUT2D eigenvalue weighted by Crippen LogP contribution is 2.07. The maximum Gasteiger partial charge on any atom is 0.0638 e. The van der Waals surface area contributed by atoms with Crippen LogP contribution in [0.5, 0.6) is 0 Å². The molecule has 0 saturated carbocycles. The lowest BCUT2D eigenvalue weighted by atomic mass is 10.2. The van der Waals surface area contributed by atoms with Crippen molar-refractivity contribution in [2.45, 2.75) is 39.9 Å². The van der Waals surface area contributed by atoms with Gasteiger partial charge in [0.2, 0.25) is 0 Å². The van der Waals surface area contributed by atoms with E-state index in [9.17, 15) is 0 Å². The van der Waals surface area contributed by atoms with E-state index in [2.05, 4.69) is 41.8 Å². The van der Waals surface area contributed by atoms with Gasteiger partial charge in [-0.1, -0.05) is 0 Å². The van der Waals surface area contributed by atoms with E-state index in [1.807, 2.05) is 29.5 Å². The molecular weight excluding hydrogens is 226 g/mol. The number of aryl methyl sites for hydroxylation is 2. The second-order valence-corrected chi connectivity index (χ2v) is 4.94. The monoisotopic (exact) mass is 247 g/mol. The van der Waals surface area contributed by atoms with Crippen molar-refractivity contribution in [3.63, 3.8) is 0 Å². The summed E-state index contributed by atoms with van der Waals surface area (Å²) in [6.45, 7) is 7.97. The van der Waals surface area contributed by atoms with Crippen molar-refractivity contribution in [1.29, 1.82) is 0 Å². The van der Waals surface area contributed by atoms with E-state index < -0.39 is 0 Å². The fourth-order valence-corrected chi connectivity index (χ4v) is 1.91. The van der Waals surface area contributed by atoms with Crippen molar-refractivity contribution in [1.82, 2.24) is 24.9 Å². The van der Waals surface area contributed by atoms with E-state index in [0.29, 0.717) is 6.04 Å². The van der Waals surface area contributed by atoms with E-state index in [0.717, 1.165) is 18.8 Å². The van der Waals surface area contributed by atoms with E-state index >= 15 is 0 Å². The van der Waals surface area contributed by atoms with Crippen LogP contribution in [0.2, 0.25) is 0 Å². The van der Waals surface area contributed by atoms with Gasteiger partial charge in [-0.05, 0) is 20.8 Å². The van der Waals surface area contributed by atoms with Crippen molar-refractivity contribution in [3.05, 3.63) is 35.4 Å². The number of hydrogen-bond donors (Lipinski definition) is 1. The van der Waals surface area contributed by atoms with Gasteiger partial charge in [0.05, 0.1) is 11.9 Å².